The van der Waals surface area contributed by atoms with Gasteiger partial charge in [0.1, 0.15) is 8.07 Å². The molecule has 0 saturated carbocycles. The van der Waals surface area contributed by atoms with E-state index in [1.54, 1.807) is 0 Å². The van der Waals surface area contributed by atoms with E-state index in [4.69, 9.17) is 0 Å². The van der Waals surface area contributed by atoms with Gasteiger partial charge in [0.05, 0.1) is 0 Å². The first-order chi connectivity index (χ1) is 11.4. The van der Waals surface area contributed by atoms with Gasteiger partial charge in [0.25, 0.3) is 0 Å². The molecule has 0 saturated heterocycles. The third-order valence-electron chi connectivity index (χ3n) is 5.84. The van der Waals surface area contributed by atoms with E-state index in [-0.39, 0.29) is 0 Å². The highest BCUT2D eigenvalue weighted by Gasteiger charge is 2.41. The van der Waals surface area contributed by atoms with Gasteiger partial charge in [-0.1, -0.05) is 71.7 Å². The summed E-state index contributed by atoms with van der Waals surface area (Å²) in [6.45, 7) is 14.3. The zero-order chi connectivity index (χ0) is 17.7. The van der Waals surface area contributed by atoms with Gasteiger partial charge in [-0.15, -0.1) is 5.54 Å². The zero-order valence-corrected chi connectivity index (χ0v) is 17.4. The molecule has 24 heavy (non-hydrogen) atoms. The third kappa shape index (κ3) is 3.86. The lowest BCUT2D eigenvalue weighted by Crippen LogP contribution is -2.43. The molecule has 1 aliphatic carbocycles. The van der Waals surface area contributed by atoms with E-state index in [1.807, 2.05) is 0 Å². The summed E-state index contributed by atoms with van der Waals surface area (Å²) < 4.78 is 0. The van der Waals surface area contributed by atoms with Crippen molar-refractivity contribution in [3.05, 3.63) is 41.5 Å². The van der Waals surface area contributed by atoms with Gasteiger partial charge >= 0.3 is 0 Å². The molecule has 1 heteroatoms. The Hall–Kier alpha value is -1.26. The number of allylic oxidation sites excluding steroid dienone is 2. The lowest BCUT2D eigenvalue weighted by Gasteiger charge is -2.38. The molecule has 0 bridgehead atoms. The summed E-state index contributed by atoms with van der Waals surface area (Å²) in [4.78, 5) is 0. The smallest absolute Gasteiger partial charge is 0.125 e. The predicted molar refractivity (Wildman–Crippen MR) is 111 cm³/mol. The van der Waals surface area contributed by atoms with E-state index in [9.17, 15) is 0 Å². The van der Waals surface area contributed by atoms with Crippen molar-refractivity contribution >= 4 is 13.6 Å². The quantitative estimate of drug-likeness (QED) is 0.402. The highest BCUT2D eigenvalue weighted by Crippen LogP contribution is 2.41. The summed E-state index contributed by atoms with van der Waals surface area (Å²) in [6.07, 6.45) is 7.51. The zero-order valence-electron chi connectivity index (χ0n) is 16.4. The second-order valence-electron chi connectivity index (χ2n) is 8.17. The number of hydrogen-bond donors (Lipinski definition) is 0. The van der Waals surface area contributed by atoms with Gasteiger partial charge in [0.15, 0.2) is 0 Å². The first kappa shape index (κ1) is 19.1. The summed E-state index contributed by atoms with van der Waals surface area (Å²) in [5.74, 6) is 3.67. The van der Waals surface area contributed by atoms with Crippen LogP contribution in [0.2, 0.25) is 16.6 Å². The molecule has 0 amide bonds. The predicted octanol–water partition coefficient (Wildman–Crippen LogP) is 7.21. The molecule has 1 aromatic rings. The summed E-state index contributed by atoms with van der Waals surface area (Å²) in [7, 11) is -1.66. The van der Waals surface area contributed by atoms with Crippen LogP contribution < -0.4 is 0 Å². The van der Waals surface area contributed by atoms with Gasteiger partial charge in [-0.3, -0.25) is 0 Å². The molecule has 0 aromatic heterocycles. The molecule has 0 nitrogen and oxygen atoms in total. The van der Waals surface area contributed by atoms with Gasteiger partial charge in [-0.25, -0.2) is 0 Å². The van der Waals surface area contributed by atoms with Gasteiger partial charge in [0.2, 0.25) is 0 Å². The van der Waals surface area contributed by atoms with Gasteiger partial charge in [-0.05, 0) is 59.5 Å². The molecule has 2 rings (SSSR count). The Balaban J connectivity index is 2.48. The highest BCUT2D eigenvalue weighted by atomic mass is 28.3. The molecule has 0 fully saturated rings. The summed E-state index contributed by atoms with van der Waals surface area (Å²) in [6, 6.07) is 8.79. The number of benzene rings is 1. The van der Waals surface area contributed by atoms with Crippen LogP contribution in [0.25, 0.3) is 5.57 Å². The fraction of sp³-hybridized carbons (Fsp3) is 0.565. The van der Waals surface area contributed by atoms with Crippen molar-refractivity contribution in [3.8, 4) is 11.5 Å². The largest absolute Gasteiger partial charge is 0.146 e. The average Bonchev–Trinajstić information content (AvgIpc) is 2.55. The van der Waals surface area contributed by atoms with E-state index < -0.39 is 8.07 Å². The monoisotopic (exact) mass is 338 g/mol. The fourth-order valence-electron chi connectivity index (χ4n) is 4.56. The van der Waals surface area contributed by atoms with Crippen molar-refractivity contribution < 1.29 is 0 Å². The van der Waals surface area contributed by atoms with Crippen LogP contribution in [0.15, 0.2) is 30.3 Å². The molecule has 1 aromatic carbocycles. The fourth-order valence-corrected chi connectivity index (χ4v) is 9.78. The van der Waals surface area contributed by atoms with Crippen LogP contribution in [0.4, 0.5) is 0 Å². The van der Waals surface area contributed by atoms with Crippen molar-refractivity contribution in [1.82, 2.24) is 0 Å². The topological polar surface area (TPSA) is 0 Å². The first-order valence-corrected chi connectivity index (χ1v) is 11.9. The summed E-state index contributed by atoms with van der Waals surface area (Å²) in [5.41, 5.74) is 10.1. The molecular weight excluding hydrogens is 304 g/mol. The van der Waals surface area contributed by atoms with Crippen LogP contribution in [-0.4, -0.2) is 8.07 Å². The van der Waals surface area contributed by atoms with Crippen LogP contribution in [0, 0.1) is 11.5 Å². The Morgan fingerprint density at radius 2 is 1.50 bits per heavy atom. The van der Waals surface area contributed by atoms with Crippen molar-refractivity contribution in [2.24, 2.45) is 0 Å². The van der Waals surface area contributed by atoms with E-state index in [0.717, 1.165) is 0 Å². The Labute approximate surface area is 150 Å². The molecule has 0 N–H and O–H groups in total. The van der Waals surface area contributed by atoms with E-state index in [2.05, 4.69) is 83.3 Å². The molecule has 0 radical (unpaired) electrons. The third-order valence-corrected chi connectivity index (χ3v) is 12.1. The standard InChI is InChI=1S/C23H34Si/c1-18(2)24(19(3)4,20(5)6)17-16-22-14-10-11-15-23(22)21-12-8-7-9-13-21/h10-12,14-15,18-20H,7-9,13H2,1-6H3. The van der Waals surface area contributed by atoms with Crippen molar-refractivity contribution in [1.29, 1.82) is 0 Å². The summed E-state index contributed by atoms with van der Waals surface area (Å²) >= 11 is 0. The van der Waals surface area contributed by atoms with Gasteiger partial charge in [0, 0.05) is 5.56 Å². The van der Waals surface area contributed by atoms with Crippen LogP contribution in [-0.2, 0) is 0 Å². The van der Waals surface area contributed by atoms with Crippen molar-refractivity contribution in [2.45, 2.75) is 83.8 Å². The minimum atomic E-state index is -1.66. The SMILES string of the molecule is CC(C)[Si](C#Cc1ccccc1C1=CCCCC1)(C(C)C)C(C)C. The molecule has 0 atom stereocenters. The Morgan fingerprint density at radius 1 is 0.875 bits per heavy atom. The lowest BCUT2D eigenvalue weighted by molar-refractivity contribution is 0.742. The maximum Gasteiger partial charge on any atom is 0.146 e. The van der Waals surface area contributed by atoms with E-state index >= 15 is 0 Å². The average molecular weight is 339 g/mol. The van der Waals surface area contributed by atoms with Crippen LogP contribution in [0.3, 0.4) is 0 Å². The molecular formula is C23H34Si. The summed E-state index contributed by atoms with van der Waals surface area (Å²) in [5, 5.41) is 0. The Bertz CT molecular complexity index is 616. The minimum absolute atomic E-state index is 0.686. The Kier molecular flexibility index (Phi) is 6.52. The molecule has 0 spiro atoms. The second-order valence-corrected chi connectivity index (χ2v) is 13.7. The molecule has 1 aliphatic rings. The number of rotatable bonds is 4. The van der Waals surface area contributed by atoms with Crippen LogP contribution >= 0.6 is 0 Å². The van der Waals surface area contributed by atoms with Crippen LogP contribution in [0.5, 0.6) is 0 Å². The molecule has 0 heterocycles. The Morgan fingerprint density at radius 3 is 2.04 bits per heavy atom. The van der Waals surface area contributed by atoms with Gasteiger partial charge < -0.3 is 0 Å². The molecule has 130 valence electrons. The van der Waals surface area contributed by atoms with Crippen molar-refractivity contribution in [2.75, 3.05) is 0 Å². The highest BCUT2D eigenvalue weighted by molar-refractivity contribution is 6.90. The van der Waals surface area contributed by atoms with E-state index in [0.29, 0.717) is 16.6 Å². The van der Waals surface area contributed by atoms with Gasteiger partial charge in [-0.2, -0.15) is 0 Å². The van der Waals surface area contributed by atoms with Crippen LogP contribution in [0.1, 0.15) is 78.4 Å². The first-order valence-electron chi connectivity index (χ1n) is 9.71. The molecule has 0 unspecified atom stereocenters. The number of hydrogen-bond acceptors (Lipinski definition) is 0. The maximum atomic E-state index is 3.89. The second kappa shape index (κ2) is 8.21. The molecule has 0 aliphatic heterocycles. The van der Waals surface area contributed by atoms with E-state index in [1.165, 1.54) is 42.4 Å². The minimum Gasteiger partial charge on any atom is -0.125 e. The van der Waals surface area contributed by atoms with Crippen molar-refractivity contribution in [3.63, 3.8) is 0 Å². The maximum absolute atomic E-state index is 3.89. The lowest BCUT2D eigenvalue weighted by atomic mass is 9.91. The normalized spacial score (nSPS) is 15.5.